The second kappa shape index (κ2) is 11.5. The van der Waals surface area contributed by atoms with Crippen LogP contribution in [0, 0.1) is 0 Å². The molecule has 0 bridgehead atoms. The summed E-state index contributed by atoms with van der Waals surface area (Å²) in [5, 5.41) is 15.7. The number of hydroxylamine groups is 1. The molecule has 1 amide bonds. The van der Waals surface area contributed by atoms with Crippen molar-refractivity contribution in [1.29, 1.82) is 0 Å². The number of aromatic nitrogens is 6. The Labute approximate surface area is 217 Å². The molecule has 0 aliphatic carbocycles. The number of nitrogens with one attached hydrogen (secondary N) is 4. The molecule has 2 aromatic carbocycles. The number of fused-ring (bicyclic) bond motifs is 2. The molecule has 0 radical (unpaired) electrons. The Morgan fingerprint density at radius 1 is 0.974 bits per heavy atom. The number of carbonyl (C=O) groups excluding carboxylic acids is 1. The van der Waals surface area contributed by atoms with Crippen LogP contribution in [0.15, 0.2) is 66.0 Å². The molecule has 0 fully saturated rings. The third-order valence-electron chi connectivity index (χ3n) is 6.09. The molecule has 5 rings (SSSR count). The first-order chi connectivity index (χ1) is 18.7. The summed E-state index contributed by atoms with van der Waals surface area (Å²) in [7, 11) is 0. The largest absolute Gasteiger partial charge is 0.384 e. The summed E-state index contributed by atoms with van der Waals surface area (Å²) in [6.45, 7) is 1.06. The van der Waals surface area contributed by atoms with Gasteiger partial charge in [0.15, 0.2) is 11.5 Å². The number of carbonyl (C=O) groups is 1. The van der Waals surface area contributed by atoms with Gasteiger partial charge in [0.05, 0.1) is 22.9 Å². The number of imidazole rings is 1. The van der Waals surface area contributed by atoms with Crippen molar-refractivity contribution in [2.24, 2.45) is 0 Å². The van der Waals surface area contributed by atoms with Crippen molar-refractivity contribution in [1.82, 2.24) is 35.0 Å². The Hall–Kier alpha value is -4.84. The molecule has 5 aromatic rings. The maximum absolute atomic E-state index is 13.9. The number of anilines is 2. The van der Waals surface area contributed by atoms with E-state index in [1.54, 1.807) is 16.4 Å². The maximum atomic E-state index is 13.9. The molecule has 0 atom stereocenters. The molecule has 3 heterocycles. The Morgan fingerprint density at radius 2 is 1.82 bits per heavy atom. The van der Waals surface area contributed by atoms with Crippen molar-refractivity contribution in [3.8, 4) is 5.69 Å². The fourth-order valence-corrected chi connectivity index (χ4v) is 4.31. The Morgan fingerprint density at radius 3 is 2.66 bits per heavy atom. The highest BCUT2D eigenvalue weighted by Crippen LogP contribution is 2.22. The number of benzene rings is 2. The molecule has 0 saturated heterocycles. The summed E-state index contributed by atoms with van der Waals surface area (Å²) in [6, 6.07) is 14.9. The summed E-state index contributed by atoms with van der Waals surface area (Å²) in [6.07, 6.45) is 4.97. The van der Waals surface area contributed by atoms with Crippen molar-refractivity contribution in [3.63, 3.8) is 0 Å². The average Bonchev–Trinajstić information content (AvgIpc) is 3.43. The van der Waals surface area contributed by atoms with Gasteiger partial charge in [-0.3, -0.25) is 19.4 Å². The minimum atomic E-state index is -0.453. The van der Waals surface area contributed by atoms with E-state index in [2.05, 4.69) is 30.6 Å². The molecule has 38 heavy (non-hydrogen) atoms. The number of hydrogen-bond acceptors (Lipinski definition) is 9. The lowest BCUT2D eigenvalue weighted by molar-refractivity contribution is -0.129. The number of rotatable bonds is 11. The first kappa shape index (κ1) is 24.8. The van der Waals surface area contributed by atoms with E-state index in [4.69, 9.17) is 10.2 Å². The third-order valence-corrected chi connectivity index (χ3v) is 6.09. The molecule has 0 aliphatic heterocycles. The first-order valence-corrected chi connectivity index (χ1v) is 12.3. The topological polar surface area (TPSA) is 163 Å². The van der Waals surface area contributed by atoms with E-state index in [1.807, 2.05) is 48.5 Å². The minimum absolute atomic E-state index is 0.166. The number of hydrogen-bond donors (Lipinski definition) is 5. The van der Waals surface area contributed by atoms with Gasteiger partial charge in [0.1, 0.15) is 17.7 Å². The van der Waals surface area contributed by atoms with E-state index < -0.39 is 5.91 Å². The van der Waals surface area contributed by atoms with Crippen LogP contribution in [0.1, 0.15) is 25.1 Å². The third kappa shape index (κ3) is 5.30. The summed E-state index contributed by atoms with van der Waals surface area (Å²) in [5.41, 5.74) is 4.77. The van der Waals surface area contributed by atoms with Gasteiger partial charge in [-0.25, -0.2) is 25.4 Å². The highest BCUT2D eigenvalue weighted by molar-refractivity contribution is 5.91. The molecule has 194 valence electrons. The van der Waals surface area contributed by atoms with Gasteiger partial charge < -0.3 is 15.6 Å². The Bertz CT molecular complexity index is 1620. The predicted molar refractivity (Wildman–Crippen MR) is 143 cm³/mol. The molecule has 0 unspecified atom stereocenters. The zero-order chi connectivity index (χ0) is 26.3. The van der Waals surface area contributed by atoms with E-state index in [9.17, 15) is 9.59 Å². The first-order valence-electron chi connectivity index (χ1n) is 12.3. The summed E-state index contributed by atoms with van der Waals surface area (Å²) in [4.78, 5) is 45.7. The number of H-pyrrole nitrogens is 1. The molecule has 5 N–H and O–H groups in total. The molecule has 0 aliphatic rings. The smallest absolute Gasteiger partial charge is 0.268 e. The van der Waals surface area contributed by atoms with Crippen LogP contribution in [0.25, 0.3) is 27.8 Å². The fraction of sp³-hybridized carbons (Fsp3) is 0.231. The zero-order valence-corrected chi connectivity index (χ0v) is 20.5. The van der Waals surface area contributed by atoms with Crippen molar-refractivity contribution >= 4 is 39.5 Å². The van der Waals surface area contributed by atoms with E-state index in [-0.39, 0.29) is 12.0 Å². The van der Waals surface area contributed by atoms with Crippen LogP contribution < -0.4 is 21.7 Å². The molecule has 0 spiro atoms. The van der Waals surface area contributed by atoms with Crippen LogP contribution in [0.4, 0.5) is 11.5 Å². The number of aromatic amines is 1. The lowest BCUT2D eigenvalue weighted by Crippen LogP contribution is -2.25. The monoisotopic (exact) mass is 513 g/mol. The standard InChI is InChI=1S/C26H27N9O3/c36-21(34-38)12-6-13-27-18-9-4-10-19-22(18)26(37)35(17-7-2-1-3-8-17)20(33-19)11-5-14-28-24-23-25(30-15-29-23)32-16-31-24/h1-4,7-10,15-16,27,38H,5-6,11-14H2,(H,34,36)(H2,28,29,30,31,32). The van der Waals surface area contributed by atoms with Gasteiger partial charge in [-0.2, -0.15) is 0 Å². The Kier molecular flexibility index (Phi) is 7.50. The van der Waals surface area contributed by atoms with Crippen molar-refractivity contribution in [2.75, 3.05) is 23.7 Å². The van der Waals surface area contributed by atoms with Gasteiger partial charge in [-0.05, 0) is 37.1 Å². The van der Waals surface area contributed by atoms with Crippen LogP contribution in [-0.2, 0) is 11.2 Å². The van der Waals surface area contributed by atoms with Crippen LogP contribution >= 0.6 is 0 Å². The van der Waals surface area contributed by atoms with Gasteiger partial charge in [0.2, 0.25) is 5.91 Å². The Balaban J connectivity index is 1.40. The van der Waals surface area contributed by atoms with Gasteiger partial charge in [-0.15, -0.1) is 0 Å². The number of nitrogens with zero attached hydrogens (tertiary/aromatic N) is 5. The summed E-state index contributed by atoms with van der Waals surface area (Å²) in [5.74, 6) is 0.848. The van der Waals surface area contributed by atoms with E-state index in [1.165, 1.54) is 6.33 Å². The number of para-hydroxylation sites is 1. The van der Waals surface area contributed by atoms with Gasteiger partial charge in [0.25, 0.3) is 5.56 Å². The maximum Gasteiger partial charge on any atom is 0.268 e. The summed E-state index contributed by atoms with van der Waals surface area (Å²) < 4.78 is 1.66. The second-order valence-corrected chi connectivity index (χ2v) is 8.62. The van der Waals surface area contributed by atoms with Crippen LogP contribution in [0.2, 0.25) is 0 Å². The second-order valence-electron chi connectivity index (χ2n) is 8.62. The van der Waals surface area contributed by atoms with Crippen molar-refractivity contribution in [2.45, 2.75) is 25.7 Å². The molecule has 12 nitrogen and oxygen atoms in total. The van der Waals surface area contributed by atoms with E-state index in [0.717, 1.165) is 5.69 Å². The normalized spacial score (nSPS) is 11.1. The lowest BCUT2D eigenvalue weighted by Gasteiger charge is -2.16. The lowest BCUT2D eigenvalue weighted by atomic mass is 10.1. The van der Waals surface area contributed by atoms with Crippen LogP contribution in [0.3, 0.4) is 0 Å². The number of aryl methyl sites for hydroxylation is 1. The fourth-order valence-electron chi connectivity index (χ4n) is 4.31. The van der Waals surface area contributed by atoms with Crippen LogP contribution in [-0.4, -0.2) is 53.7 Å². The predicted octanol–water partition coefficient (Wildman–Crippen LogP) is 2.79. The summed E-state index contributed by atoms with van der Waals surface area (Å²) >= 11 is 0. The highest BCUT2D eigenvalue weighted by atomic mass is 16.5. The SMILES string of the molecule is O=C(CCCNc1cccc2nc(CCCNc3ncnc4[nH]cnc34)n(-c3ccccc3)c(=O)c12)NO. The molecular weight excluding hydrogens is 486 g/mol. The molecule has 0 saturated carbocycles. The van der Waals surface area contributed by atoms with Gasteiger partial charge >= 0.3 is 0 Å². The van der Waals surface area contributed by atoms with Gasteiger partial charge in [-0.1, -0.05) is 24.3 Å². The van der Waals surface area contributed by atoms with Crippen molar-refractivity contribution < 1.29 is 10.0 Å². The van der Waals surface area contributed by atoms with E-state index in [0.29, 0.717) is 71.7 Å². The number of amides is 1. The highest BCUT2D eigenvalue weighted by Gasteiger charge is 2.16. The van der Waals surface area contributed by atoms with E-state index >= 15 is 0 Å². The average molecular weight is 514 g/mol. The van der Waals surface area contributed by atoms with Crippen LogP contribution in [0.5, 0.6) is 0 Å². The molecule has 12 heteroatoms. The van der Waals surface area contributed by atoms with Crippen molar-refractivity contribution in [3.05, 3.63) is 77.4 Å². The molecule has 3 aromatic heterocycles. The minimum Gasteiger partial charge on any atom is -0.384 e. The van der Waals surface area contributed by atoms with Gasteiger partial charge in [0, 0.05) is 31.6 Å². The zero-order valence-electron chi connectivity index (χ0n) is 20.5. The quantitative estimate of drug-likeness (QED) is 0.102. The molecular formula is C26H27N9O3.